The predicted molar refractivity (Wildman–Crippen MR) is 121 cm³/mol. The number of benzene rings is 2. The molecular formula is C24H26N4O4. The van der Waals surface area contributed by atoms with Crippen molar-refractivity contribution in [1.82, 2.24) is 15.1 Å². The van der Waals surface area contributed by atoms with E-state index in [-0.39, 0.29) is 18.9 Å². The Balaban J connectivity index is 1.46. The standard InChI is InChI=1S/C24H26N4O4/c1-16-9-7-8-12-20(16)24(31)25-14-13-22(30)32-15-21(29)26-23-17(2)27-28(18(23)3)19-10-5-4-6-11-19/h4-12H,13-15H2,1-3H3,(H,25,31)(H,26,29). The first-order valence-corrected chi connectivity index (χ1v) is 10.3. The number of ether oxygens (including phenoxy) is 1. The molecule has 166 valence electrons. The Labute approximate surface area is 186 Å². The van der Waals surface area contributed by atoms with E-state index in [1.54, 1.807) is 23.7 Å². The molecule has 2 N–H and O–H groups in total. The van der Waals surface area contributed by atoms with Gasteiger partial charge in [0.05, 0.1) is 29.2 Å². The lowest BCUT2D eigenvalue weighted by Crippen LogP contribution is -2.28. The van der Waals surface area contributed by atoms with Gasteiger partial charge in [0.15, 0.2) is 6.61 Å². The van der Waals surface area contributed by atoms with Gasteiger partial charge in [0.25, 0.3) is 11.8 Å². The topological polar surface area (TPSA) is 102 Å². The number of amides is 2. The van der Waals surface area contributed by atoms with Crippen LogP contribution in [0.4, 0.5) is 5.69 Å². The van der Waals surface area contributed by atoms with Crippen molar-refractivity contribution in [3.8, 4) is 5.69 Å². The van der Waals surface area contributed by atoms with E-state index in [4.69, 9.17) is 4.74 Å². The molecule has 0 fully saturated rings. The molecule has 0 aliphatic heterocycles. The fraction of sp³-hybridized carbons (Fsp3) is 0.250. The maximum atomic E-state index is 12.3. The van der Waals surface area contributed by atoms with Gasteiger partial charge in [-0.2, -0.15) is 5.10 Å². The van der Waals surface area contributed by atoms with Crippen LogP contribution in [0.25, 0.3) is 5.69 Å². The van der Waals surface area contributed by atoms with Crippen LogP contribution >= 0.6 is 0 Å². The minimum Gasteiger partial charge on any atom is -0.456 e. The molecule has 2 aromatic carbocycles. The van der Waals surface area contributed by atoms with E-state index >= 15 is 0 Å². The zero-order valence-corrected chi connectivity index (χ0v) is 18.3. The highest BCUT2D eigenvalue weighted by atomic mass is 16.5. The van der Waals surface area contributed by atoms with E-state index in [0.717, 1.165) is 16.9 Å². The first-order valence-electron chi connectivity index (χ1n) is 10.3. The number of hydrogen-bond donors (Lipinski definition) is 2. The van der Waals surface area contributed by atoms with E-state index in [0.29, 0.717) is 16.9 Å². The molecule has 8 heteroatoms. The molecule has 0 saturated heterocycles. The molecule has 1 aromatic heterocycles. The Morgan fingerprint density at radius 3 is 2.38 bits per heavy atom. The molecule has 0 aliphatic carbocycles. The number of rotatable bonds is 8. The first-order chi connectivity index (χ1) is 15.4. The zero-order chi connectivity index (χ0) is 23.1. The summed E-state index contributed by atoms with van der Waals surface area (Å²) in [6.45, 7) is 5.20. The number of aromatic nitrogens is 2. The second-order valence-electron chi connectivity index (χ2n) is 7.32. The smallest absolute Gasteiger partial charge is 0.308 e. The van der Waals surface area contributed by atoms with Gasteiger partial charge in [-0.05, 0) is 44.5 Å². The summed E-state index contributed by atoms with van der Waals surface area (Å²) in [5.41, 5.74) is 4.30. The number of carbonyl (C=O) groups is 3. The lowest BCUT2D eigenvalue weighted by Gasteiger charge is -2.09. The van der Waals surface area contributed by atoms with Crippen LogP contribution < -0.4 is 10.6 Å². The van der Waals surface area contributed by atoms with Gasteiger partial charge in [-0.3, -0.25) is 14.4 Å². The average molecular weight is 434 g/mol. The lowest BCUT2D eigenvalue weighted by molar-refractivity contribution is -0.147. The molecule has 0 spiro atoms. The van der Waals surface area contributed by atoms with Gasteiger partial charge in [-0.15, -0.1) is 0 Å². The first kappa shape index (κ1) is 22.7. The summed E-state index contributed by atoms with van der Waals surface area (Å²) in [6.07, 6.45) is -0.0328. The van der Waals surface area contributed by atoms with Crippen LogP contribution in [0.2, 0.25) is 0 Å². The van der Waals surface area contributed by atoms with Crippen LogP contribution in [0.5, 0.6) is 0 Å². The number of aryl methyl sites for hydroxylation is 2. The highest BCUT2D eigenvalue weighted by Gasteiger charge is 2.16. The van der Waals surface area contributed by atoms with E-state index in [1.165, 1.54) is 0 Å². The molecule has 32 heavy (non-hydrogen) atoms. The summed E-state index contributed by atoms with van der Waals surface area (Å²) < 4.78 is 6.77. The third-order valence-electron chi connectivity index (χ3n) is 4.93. The number of carbonyl (C=O) groups excluding carboxylic acids is 3. The fourth-order valence-corrected chi connectivity index (χ4v) is 3.24. The SMILES string of the molecule is Cc1ccccc1C(=O)NCCC(=O)OCC(=O)Nc1c(C)nn(-c2ccccc2)c1C. The largest absolute Gasteiger partial charge is 0.456 e. The minimum atomic E-state index is -0.571. The molecular weight excluding hydrogens is 408 g/mol. The number of nitrogens with zero attached hydrogens (tertiary/aromatic N) is 2. The highest BCUT2D eigenvalue weighted by molar-refractivity contribution is 5.96. The molecule has 1 heterocycles. The van der Waals surface area contributed by atoms with Crippen molar-refractivity contribution in [1.29, 1.82) is 0 Å². The van der Waals surface area contributed by atoms with E-state index in [9.17, 15) is 14.4 Å². The number of para-hydroxylation sites is 1. The van der Waals surface area contributed by atoms with Gasteiger partial charge in [-0.1, -0.05) is 36.4 Å². The van der Waals surface area contributed by atoms with Crippen molar-refractivity contribution in [2.75, 3.05) is 18.5 Å². The van der Waals surface area contributed by atoms with Crippen molar-refractivity contribution in [2.24, 2.45) is 0 Å². The number of hydrogen-bond acceptors (Lipinski definition) is 5. The van der Waals surface area contributed by atoms with Gasteiger partial charge >= 0.3 is 5.97 Å². The molecule has 3 rings (SSSR count). The maximum absolute atomic E-state index is 12.3. The second-order valence-corrected chi connectivity index (χ2v) is 7.32. The highest BCUT2D eigenvalue weighted by Crippen LogP contribution is 2.22. The van der Waals surface area contributed by atoms with Crippen molar-refractivity contribution >= 4 is 23.5 Å². The Morgan fingerprint density at radius 1 is 0.969 bits per heavy atom. The second kappa shape index (κ2) is 10.4. The summed E-state index contributed by atoms with van der Waals surface area (Å²) in [7, 11) is 0. The summed E-state index contributed by atoms with van der Waals surface area (Å²) >= 11 is 0. The van der Waals surface area contributed by atoms with Crippen molar-refractivity contribution in [2.45, 2.75) is 27.2 Å². The van der Waals surface area contributed by atoms with Gasteiger partial charge < -0.3 is 15.4 Å². The van der Waals surface area contributed by atoms with Crippen LogP contribution in [-0.4, -0.2) is 40.7 Å². The molecule has 2 amide bonds. The predicted octanol–water partition coefficient (Wildman–Crippen LogP) is 3.10. The zero-order valence-electron chi connectivity index (χ0n) is 18.3. The van der Waals surface area contributed by atoms with Gasteiger partial charge in [-0.25, -0.2) is 4.68 Å². The number of esters is 1. The average Bonchev–Trinajstić information content (AvgIpc) is 3.06. The van der Waals surface area contributed by atoms with Gasteiger partial charge in [0.1, 0.15) is 0 Å². The van der Waals surface area contributed by atoms with Crippen molar-refractivity contribution in [3.63, 3.8) is 0 Å². The third-order valence-corrected chi connectivity index (χ3v) is 4.93. The van der Waals surface area contributed by atoms with Crippen LogP contribution in [0, 0.1) is 20.8 Å². The molecule has 8 nitrogen and oxygen atoms in total. The summed E-state index contributed by atoms with van der Waals surface area (Å²) in [5.74, 6) is -1.28. The number of nitrogens with one attached hydrogen (secondary N) is 2. The monoisotopic (exact) mass is 434 g/mol. The Kier molecular flexibility index (Phi) is 7.38. The van der Waals surface area contributed by atoms with Crippen LogP contribution in [0.3, 0.4) is 0 Å². The Bertz CT molecular complexity index is 1120. The van der Waals surface area contributed by atoms with Crippen LogP contribution in [0.1, 0.15) is 33.7 Å². The normalized spacial score (nSPS) is 10.5. The van der Waals surface area contributed by atoms with Gasteiger partial charge in [0.2, 0.25) is 0 Å². The fourth-order valence-electron chi connectivity index (χ4n) is 3.24. The Hall–Kier alpha value is -3.94. The van der Waals surface area contributed by atoms with Crippen LogP contribution in [0.15, 0.2) is 54.6 Å². The summed E-state index contributed by atoms with van der Waals surface area (Å²) in [6, 6.07) is 16.8. The molecule has 0 aliphatic rings. The summed E-state index contributed by atoms with van der Waals surface area (Å²) in [4.78, 5) is 36.4. The quantitative estimate of drug-likeness (QED) is 0.531. The molecule has 0 saturated carbocycles. The van der Waals surface area contributed by atoms with Crippen LogP contribution in [-0.2, 0) is 14.3 Å². The molecule has 3 aromatic rings. The minimum absolute atomic E-state index is 0.0328. The summed E-state index contributed by atoms with van der Waals surface area (Å²) in [5, 5.41) is 9.91. The number of anilines is 1. The van der Waals surface area contributed by atoms with Gasteiger partial charge in [0, 0.05) is 12.1 Å². The molecule has 0 atom stereocenters. The Morgan fingerprint density at radius 2 is 1.66 bits per heavy atom. The molecule has 0 bridgehead atoms. The van der Waals surface area contributed by atoms with E-state index < -0.39 is 18.5 Å². The molecule has 0 radical (unpaired) electrons. The lowest BCUT2D eigenvalue weighted by atomic mass is 10.1. The third kappa shape index (κ3) is 5.60. The van der Waals surface area contributed by atoms with E-state index in [1.807, 2.05) is 56.3 Å². The van der Waals surface area contributed by atoms with Crippen molar-refractivity contribution < 1.29 is 19.1 Å². The molecule has 0 unspecified atom stereocenters. The van der Waals surface area contributed by atoms with Crippen molar-refractivity contribution in [3.05, 3.63) is 77.1 Å². The maximum Gasteiger partial charge on any atom is 0.308 e. The van der Waals surface area contributed by atoms with E-state index in [2.05, 4.69) is 15.7 Å².